The molecule has 1 aliphatic rings. The number of allylic oxidation sites excluding steroid dienone is 6. The minimum Gasteiger partial charge on any atom is -0.0726 e. The third kappa shape index (κ3) is 3.84. The minimum absolute atomic E-state index is 0.994. The maximum atomic E-state index is 2.52. The molecule has 0 saturated carbocycles. The van der Waals surface area contributed by atoms with E-state index in [0.717, 1.165) is 6.42 Å². The standard InChI is InChI=1S/C26H21I/c1-19-9-8-14-21(16-15-19)23-17-18-24(20-10-4-2-5-11-20)26(27)25(23)22-12-6-3-7-13-22/h2-14,16-18H,15H2,1H3. The van der Waals surface area contributed by atoms with Gasteiger partial charge in [0.1, 0.15) is 0 Å². The van der Waals surface area contributed by atoms with Crippen LogP contribution >= 0.6 is 22.6 Å². The third-order valence-electron chi connectivity index (χ3n) is 4.90. The molecule has 1 aliphatic carbocycles. The quantitative estimate of drug-likeness (QED) is 0.349. The first-order valence-electron chi connectivity index (χ1n) is 9.22. The highest BCUT2D eigenvalue weighted by atomic mass is 127. The Morgan fingerprint density at radius 3 is 2.07 bits per heavy atom. The summed E-state index contributed by atoms with van der Waals surface area (Å²) >= 11 is 2.52. The smallest absolute Gasteiger partial charge is 0.0293 e. The van der Waals surface area contributed by atoms with Crippen molar-refractivity contribution in [3.8, 4) is 22.3 Å². The second-order valence-corrected chi connectivity index (χ2v) is 7.90. The Labute approximate surface area is 175 Å². The SMILES string of the molecule is CC1=CC=CC(c2ccc(-c3ccccc3)c(I)c2-c2ccccc2)=CC1. The lowest BCUT2D eigenvalue weighted by Crippen LogP contribution is -1.95. The molecule has 0 bridgehead atoms. The summed E-state index contributed by atoms with van der Waals surface area (Å²) in [5, 5.41) is 0. The van der Waals surface area contributed by atoms with Gasteiger partial charge in [-0.1, -0.05) is 103 Å². The van der Waals surface area contributed by atoms with Gasteiger partial charge < -0.3 is 0 Å². The lowest BCUT2D eigenvalue weighted by molar-refractivity contribution is 1.22. The lowest BCUT2D eigenvalue weighted by atomic mass is 9.90. The molecular weight excluding hydrogens is 439 g/mol. The van der Waals surface area contributed by atoms with Crippen molar-refractivity contribution in [2.75, 3.05) is 0 Å². The number of hydrogen-bond acceptors (Lipinski definition) is 0. The average Bonchev–Trinajstić information content (AvgIpc) is 2.93. The largest absolute Gasteiger partial charge is 0.0726 e. The van der Waals surface area contributed by atoms with Crippen molar-refractivity contribution in [3.63, 3.8) is 0 Å². The summed E-state index contributed by atoms with van der Waals surface area (Å²) in [6.45, 7) is 2.18. The first-order chi connectivity index (χ1) is 13.2. The summed E-state index contributed by atoms with van der Waals surface area (Å²) in [5.41, 5.74) is 9.09. The Kier molecular flexibility index (Phi) is 5.40. The van der Waals surface area contributed by atoms with E-state index in [4.69, 9.17) is 0 Å². The molecule has 0 saturated heterocycles. The summed E-state index contributed by atoms with van der Waals surface area (Å²) < 4.78 is 1.30. The van der Waals surface area contributed by atoms with E-state index in [-0.39, 0.29) is 0 Å². The van der Waals surface area contributed by atoms with E-state index < -0.39 is 0 Å². The third-order valence-corrected chi connectivity index (χ3v) is 6.02. The van der Waals surface area contributed by atoms with Crippen LogP contribution in [0.15, 0.2) is 103 Å². The first kappa shape index (κ1) is 18.0. The van der Waals surface area contributed by atoms with E-state index in [0.29, 0.717) is 0 Å². The van der Waals surface area contributed by atoms with Crippen molar-refractivity contribution < 1.29 is 0 Å². The molecule has 0 atom stereocenters. The fourth-order valence-corrected chi connectivity index (χ4v) is 4.56. The van der Waals surface area contributed by atoms with Gasteiger partial charge in [0.25, 0.3) is 0 Å². The van der Waals surface area contributed by atoms with Gasteiger partial charge in [-0.15, -0.1) is 0 Å². The molecule has 0 aromatic heterocycles. The molecule has 1 heteroatoms. The molecular formula is C26H21I. The van der Waals surface area contributed by atoms with E-state index in [1.54, 1.807) is 0 Å². The Bertz CT molecular complexity index is 1040. The number of rotatable bonds is 3. The van der Waals surface area contributed by atoms with Crippen molar-refractivity contribution in [2.24, 2.45) is 0 Å². The second-order valence-electron chi connectivity index (χ2n) is 6.82. The van der Waals surface area contributed by atoms with Crippen molar-refractivity contribution in [1.82, 2.24) is 0 Å². The molecule has 4 rings (SSSR count). The normalized spacial score (nSPS) is 13.7. The molecule has 27 heavy (non-hydrogen) atoms. The van der Waals surface area contributed by atoms with Crippen LogP contribution in [0.25, 0.3) is 27.8 Å². The zero-order chi connectivity index (χ0) is 18.6. The fourth-order valence-electron chi connectivity index (χ4n) is 3.47. The molecule has 3 aromatic rings. The summed E-state index contributed by atoms with van der Waals surface area (Å²) in [7, 11) is 0. The Morgan fingerprint density at radius 1 is 0.741 bits per heavy atom. The Balaban J connectivity index is 1.94. The van der Waals surface area contributed by atoms with Crippen molar-refractivity contribution in [1.29, 1.82) is 0 Å². The molecule has 0 N–H and O–H groups in total. The Hall–Kier alpha value is -2.39. The molecule has 0 unspecified atom stereocenters. The highest BCUT2D eigenvalue weighted by molar-refractivity contribution is 14.1. The highest BCUT2D eigenvalue weighted by Crippen LogP contribution is 2.39. The van der Waals surface area contributed by atoms with Crippen LogP contribution < -0.4 is 0 Å². The van der Waals surface area contributed by atoms with Crippen LogP contribution in [0.4, 0.5) is 0 Å². The van der Waals surface area contributed by atoms with Gasteiger partial charge in [0.05, 0.1) is 0 Å². The molecule has 0 amide bonds. The minimum atomic E-state index is 0.994. The summed E-state index contributed by atoms with van der Waals surface area (Å²) in [6.07, 6.45) is 9.94. The van der Waals surface area contributed by atoms with Crippen LogP contribution in [0.2, 0.25) is 0 Å². The van der Waals surface area contributed by atoms with Gasteiger partial charge in [-0.3, -0.25) is 0 Å². The van der Waals surface area contributed by atoms with Gasteiger partial charge >= 0.3 is 0 Å². The maximum absolute atomic E-state index is 2.52. The average molecular weight is 460 g/mol. The van der Waals surface area contributed by atoms with E-state index in [2.05, 4.69) is 127 Å². The fraction of sp³-hybridized carbons (Fsp3) is 0.0769. The lowest BCUT2D eigenvalue weighted by Gasteiger charge is -2.17. The summed E-state index contributed by atoms with van der Waals surface area (Å²) in [5.74, 6) is 0. The number of benzene rings is 3. The number of hydrogen-bond donors (Lipinski definition) is 0. The van der Waals surface area contributed by atoms with Crippen molar-refractivity contribution in [2.45, 2.75) is 13.3 Å². The zero-order valence-electron chi connectivity index (χ0n) is 15.3. The maximum Gasteiger partial charge on any atom is 0.0293 e. The number of halogens is 1. The summed E-state index contributed by atoms with van der Waals surface area (Å²) in [6, 6.07) is 25.9. The monoisotopic (exact) mass is 460 g/mol. The van der Waals surface area contributed by atoms with Crippen molar-refractivity contribution >= 4 is 28.2 Å². The predicted octanol–water partition coefficient (Wildman–Crippen LogP) is 7.91. The molecule has 132 valence electrons. The van der Waals surface area contributed by atoms with E-state index >= 15 is 0 Å². The van der Waals surface area contributed by atoms with Gasteiger partial charge in [0.15, 0.2) is 0 Å². The molecule has 0 heterocycles. The van der Waals surface area contributed by atoms with Crippen LogP contribution in [0.1, 0.15) is 18.9 Å². The topological polar surface area (TPSA) is 0 Å². The van der Waals surface area contributed by atoms with Gasteiger partial charge in [0.2, 0.25) is 0 Å². The van der Waals surface area contributed by atoms with Gasteiger partial charge in [-0.05, 0) is 63.8 Å². The van der Waals surface area contributed by atoms with Crippen LogP contribution in [0.3, 0.4) is 0 Å². The van der Waals surface area contributed by atoms with Gasteiger partial charge in [-0.2, -0.15) is 0 Å². The molecule has 3 aromatic carbocycles. The van der Waals surface area contributed by atoms with E-state index in [1.807, 2.05) is 0 Å². The van der Waals surface area contributed by atoms with Gasteiger partial charge in [0, 0.05) is 9.13 Å². The molecule has 0 aliphatic heterocycles. The Morgan fingerprint density at radius 2 is 1.37 bits per heavy atom. The van der Waals surface area contributed by atoms with Crippen molar-refractivity contribution in [3.05, 3.63) is 112 Å². The van der Waals surface area contributed by atoms with Crippen LogP contribution in [0.5, 0.6) is 0 Å². The molecule has 0 fully saturated rings. The predicted molar refractivity (Wildman–Crippen MR) is 126 cm³/mol. The van der Waals surface area contributed by atoms with E-state index in [1.165, 1.54) is 42.5 Å². The zero-order valence-corrected chi connectivity index (χ0v) is 17.5. The van der Waals surface area contributed by atoms with Crippen LogP contribution in [-0.4, -0.2) is 0 Å². The van der Waals surface area contributed by atoms with Gasteiger partial charge in [-0.25, -0.2) is 0 Å². The highest BCUT2D eigenvalue weighted by Gasteiger charge is 2.16. The van der Waals surface area contributed by atoms with E-state index in [9.17, 15) is 0 Å². The first-order valence-corrected chi connectivity index (χ1v) is 10.3. The second kappa shape index (κ2) is 8.10. The molecule has 0 spiro atoms. The van der Waals surface area contributed by atoms with Crippen LogP contribution in [-0.2, 0) is 0 Å². The summed E-state index contributed by atoms with van der Waals surface area (Å²) in [4.78, 5) is 0. The molecule has 0 nitrogen and oxygen atoms in total. The molecule has 0 radical (unpaired) electrons. The van der Waals surface area contributed by atoms with Crippen LogP contribution in [0, 0.1) is 3.57 Å².